The standard InChI is InChI=1S/C29H32F3N3O6/c1-39-24-14-18(30)6-9-21(24)16-3-7-20(8-4-16)34-12-11-19(15-34)33-28(37)35-25(17-5-10-22(31)23(32)13-17)26(27(36)40-2)41-29(35)38/h5-6,9-10,13-14,16,19-20,25-26H,3-4,7-8,11-12,15H2,1-2H3,(H,33,37). The van der Waals surface area contributed by atoms with Gasteiger partial charge in [-0.3, -0.25) is 4.90 Å². The van der Waals surface area contributed by atoms with E-state index in [-0.39, 0.29) is 23.3 Å². The number of hydrogen-bond donors (Lipinski definition) is 1. The Morgan fingerprint density at radius 3 is 2.41 bits per heavy atom. The van der Waals surface area contributed by atoms with Gasteiger partial charge in [0.05, 0.1) is 14.2 Å². The minimum atomic E-state index is -1.53. The van der Waals surface area contributed by atoms with Crippen LogP contribution in [-0.4, -0.2) is 73.4 Å². The molecule has 41 heavy (non-hydrogen) atoms. The fourth-order valence-corrected chi connectivity index (χ4v) is 6.26. The number of benzene rings is 2. The fourth-order valence-electron chi connectivity index (χ4n) is 6.26. The summed E-state index contributed by atoms with van der Waals surface area (Å²) in [5.74, 6) is -2.72. The Morgan fingerprint density at radius 2 is 1.73 bits per heavy atom. The lowest BCUT2D eigenvalue weighted by atomic mass is 9.81. The summed E-state index contributed by atoms with van der Waals surface area (Å²) in [6, 6.07) is 5.45. The van der Waals surface area contributed by atoms with Crippen LogP contribution in [0.4, 0.5) is 22.8 Å². The molecule has 2 aliphatic heterocycles. The van der Waals surface area contributed by atoms with Gasteiger partial charge in [-0.15, -0.1) is 0 Å². The van der Waals surface area contributed by atoms with Crippen molar-refractivity contribution < 1.29 is 41.8 Å². The number of likely N-dealkylation sites (tertiary alicyclic amines) is 1. The van der Waals surface area contributed by atoms with Crippen LogP contribution in [0.25, 0.3) is 0 Å². The highest BCUT2D eigenvalue weighted by atomic mass is 19.2. The summed E-state index contributed by atoms with van der Waals surface area (Å²) in [5.41, 5.74) is 1.03. The molecule has 0 aromatic heterocycles. The van der Waals surface area contributed by atoms with E-state index in [0.29, 0.717) is 24.8 Å². The summed E-state index contributed by atoms with van der Waals surface area (Å²) < 4.78 is 56.5. The van der Waals surface area contributed by atoms with Crippen LogP contribution in [0.5, 0.6) is 5.75 Å². The number of carbonyl (C=O) groups is 3. The van der Waals surface area contributed by atoms with Crippen molar-refractivity contribution in [3.63, 3.8) is 0 Å². The molecule has 220 valence electrons. The number of imide groups is 1. The van der Waals surface area contributed by atoms with Gasteiger partial charge in [0.1, 0.15) is 17.6 Å². The monoisotopic (exact) mass is 575 g/mol. The zero-order chi connectivity index (χ0) is 29.3. The maximum atomic E-state index is 14.0. The molecule has 3 fully saturated rings. The van der Waals surface area contributed by atoms with Gasteiger partial charge in [-0.05, 0) is 67.3 Å². The van der Waals surface area contributed by atoms with Crippen LogP contribution in [-0.2, 0) is 14.3 Å². The van der Waals surface area contributed by atoms with Gasteiger partial charge in [0, 0.05) is 31.2 Å². The molecule has 3 atom stereocenters. The number of cyclic esters (lactones) is 1. The molecule has 2 saturated heterocycles. The Labute approximate surface area is 235 Å². The van der Waals surface area contributed by atoms with E-state index in [9.17, 15) is 27.6 Å². The fraction of sp³-hybridized carbons (Fsp3) is 0.483. The molecule has 5 rings (SSSR count). The molecule has 3 aliphatic rings. The van der Waals surface area contributed by atoms with Crippen molar-refractivity contribution in [1.29, 1.82) is 0 Å². The zero-order valence-electron chi connectivity index (χ0n) is 22.8. The summed E-state index contributed by atoms with van der Waals surface area (Å²) in [7, 11) is 2.64. The molecule has 0 bridgehead atoms. The number of nitrogens with one attached hydrogen (secondary N) is 1. The van der Waals surface area contributed by atoms with Crippen molar-refractivity contribution in [3.8, 4) is 5.75 Å². The third kappa shape index (κ3) is 5.83. The number of esters is 1. The number of rotatable bonds is 6. The number of ether oxygens (including phenoxy) is 3. The second kappa shape index (κ2) is 12.0. The van der Waals surface area contributed by atoms with Crippen molar-refractivity contribution in [3.05, 3.63) is 65.0 Å². The van der Waals surface area contributed by atoms with Crippen molar-refractivity contribution in [2.24, 2.45) is 0 Å². The normalized spacial score (nSPS) is 26.5. The maximum Gasteiger partial charge on any atom is 0.419 e. The number of hydrogen-bond acceptors (Lipinski definition) is 7. The van der Waals surface area contributed by atoms with Gasteiger partial charge in [-0.2, -0.15) is 0 Å². The molecule has 1 saturated carbocycles. The van der Waals surface area contributed by atoms with Crippen molar-refractivity contribution in [2.45, 2.75) is 62.3 Å². The molecule has 9 nitrogen and oxygen atoms in total. The second-order valence-corrected chi connectivity index (χ2v) is 10.6. The van der Waals surface area contributed by atoms with Gasteiger partial charge >= 0.3 is 18.1 Å². The highest BCUT2D eigenvalue weighted by Crippen LogP contribution is 2.40. The Kier molecular flexibility index (Phi) is 8.39. The predicted octanol–water partition coefficient (Wildman–Crippen LogP) is 4.66. The molecule has 1 N–H and O–H groups in total. The number of methoxy groups -OCH3 is 2. The molecular weight excluding hydrogens is 543 g/mol. The lowest BCUT2D eigenvalue weighted by Crippen LogP contribution is -2.48. The van der Waals surface area contributed by atoms with E-state index in [1.165, 1.54) is 18.2 Å². The van der Waals surface area contributed by atoms with Gasteiger partial charge in [0.25, 0.3) is 0 Å². The van der Waals surface area contributed by atoms with Gasteiger partial charge in [-0.1, -0.05) is 12.1 Å². The first kappa shape index (κ1) is 28.7. The highest BCUT2D eigenvalue weighted by Gasteiger charge is 2.51. The minimum absolute atomic E-state index is 0.0166. The average Bonchev–Trinajstić information content (AvgIpc) is 3.58. The zero-order valence-corrected chi connectivity index (χ0v) is 22.8. The average molecular weight is 576 g/mol. The predicted molar refractivity (Wildman–Crippen MR) is 140 cm³/mol. The summed E-state index contributed by atoms with van der Waals surface area (Å²) in [6.07, 6.45) is 1.74. The van der Waals surface area contributed by atoms with E-state index in [1.54, 1.807) is 13.2 Å². The Bertz CT molecular complexity index is 1320. The Hall–Kier alpha value is -3.80. The van der Waals surface area contributed by atoms with E-state index < -0.39 is 41.9 Å². The summed E-state index contributed by atoms with van der Waals surface area (Å²) in [5, 5.41) is 2.85. The van der Waals surface area contributed by atoms with Crippen molar-refractivity contribution >= 4 is 18.1 Å². The minimum Gasteiger partial charge on any atom is -0.496 e. The molecule has 12 heteroatoms. The second-order valence-electron chi connectivity index (χ2n) is 10.6. The quantitative estimate of drug-likeness (QED) is 0.501. The highest BCUT2D eigenvalue weighted by molar-refractivity contribution is 5.96. The number of halogens is 3. The van der Waals surface area contributed by atoms with Crippen LogP contribution in [0, 0.1) is 17.5 Å². The molecule has 1 aliphatic carbocycles. The smallest absolute Gasteiger partial charge is 0.419 e. The van der Waals surface area contributed by atoms with Crippen LogP contribution in [0.2, 0.25) is 0 Å². The van der Waals surface area contributed by atoms with E-state index in [2.05, 4.69) is 10.2 Å². The summed E-state index contributed by atoms with van der Waals surface area (Å²) in [6.45, 7) is 1.32. The molecule has 2 aromatic carbocycles. The molecule has 3 amide bonds. The molecule has 2 heterocycles. The third-order valence-electron chi connectivity index (χ3n) is 8.32. The van der Waals surface area contributed by atoms with E-state index in [4.69, 9.17) is 14.2 Å². The van der Waals surface area contributed by atoms with Gasteiger partial charge in [-0.25, -0.2) is 32.5 Å². The van der Waals surface area contributed by atoms with Crippen molar-refractivity contribution in [2.75, 3.05) is 27.3 Å². The number of nitrogens with zero attached hydrogens (tertiary/aromatic N) is 2. The van der Waals surface area contributed by atoms with Gasteiger partial charge in [0.15, 0.2) is 11.6 Å². The van der Waals surface area contributed by atoms with Crippen LogP contribution in [0.3, 0.4) is 0 Å². The Morgan fingerprint density at radius 1 is 0.976 bits per heavy atom. The van der Waals surface area contributed by atoms with Gasteiger partial charge < -0.3 is 19.5 Å². The first-order valence-electron chi connectivity index (χ1n) is 13.6. The number of amides is 3. The summed E-state index contributed by atoms with van der Waals surface area (Å²) in [4.78, 5) is 41.4. The van der Waals surface area contributed by atoms with E-state index in [1.807, 2.05) is 0 Å². The lowest BCUT2D eigenvalue weighted by Gasteiger charge is -2.35. The molecule has 2 aromatic rings. The first-order valence-corrected chi connectivity index (χ1v) is 13.6. The number of carbonyl (C=O) groups excluding carboxylic acids is 3. The SMILES string of the molecule is COC(=O)C1OC(=O)N(C(=O)NC2CCN(C3CCC(c4ccc(F)cc4OC)CC3)C2)C1c1ccc(F)c(F)c1. The van der Waals surface area contributed by atoms with Crippen LogP contribution >= 0.6 is 0 Å². The third-order valence-corrected chi connectivity index (χ3v) is 8.32. The maximum absolute atomic E-state index is 14.0. The van der Waals surface area contributed by atoms with Crippen LogP contribution in [0.1, 0.15) is 55.2 Å². The molecule has 0 spiro atoms. The lowest BCUT2D eigenvalue weighted by molar-refractivity contribution is -0.150. The summed E-state index contributed by atoms with van der Waals surface area (Å²) >= 11 is 0. The van der Waals surface area contributed by atoms with Crippen molar-refractivity contribution in [1.82, 2.24) is 15.1 Å². The Balaban J connectivity index is 1.22. The van der Waals surface area contributed by atoms with E-state index in [0.717, 1.165) is 61.9 Å². The van der Waals surface area contributed by atoms with E-state index >= 15 is 0 Å². The topological polar surface area (TPSA) is 97.4 Å². The largest absolute Gasteiger partial charge is 0.496 e. The molecule has 0 radical (unpaired) electrons. The number of urea groups is 1. The first-order chi connectivity index (χ1) is 19.7. The van der Waals surface area contributed by atoms with Gasteiger partial charge in [0.2, 0.25) is 6.10 Å². The van der Waals surface area contributed by atoms with Crippen LogP contribution < -0.4 is 10.1 Å². The van der Waals surface area contributed by atoms with Crippen LogP contribution in [0.15, 0.2) is 36.4 Å². The molecule has 3 unspecified atom stereocenters. The molecular formula is C29H32F3N3O6.